The van der Waals surface area contributed by atoms with Crippen molar-refractivity contribution in [2.75, 3.05) is 13.7 Å². The second kappa shape index (κ2) is 6.88. The van der Waals surface area contributed by atoms with E-state index in [1.54, 1.807) is 12.0 Å². The molecule has 110 valence electrons. The number of nitrogens with zero attached hydrogens (tertiary/aromatic N) is 1. The smallest absolute Gasteiger partial charge is 0.254 e. The number of hydrogen-bond donors (Lipinski definition) is 0. The standard InChI is InChI=1S/C17H18FNO2/c1-3-19(12-13-4-10-16(21-2)11-5-13)17(20)14-6-8-15(18)9-7-14/h4-11H,3,12H2,1-2H3. The van der Waals surface area contributed by atoms with E-state index >= 15 is 0 Å². The van der Waals surface area contributed by atoms with Gasteiger partial charge in [-0.2, -0.15) is 0 Å². The molecule has 0 aromatic heterocycles. The van der Waals surface area contributed by atoms with Gasteiger partial charge >= 0.3 is 0 Å². The van der Waals surface area contributed by atoms with E-state index in [1.165, 1.54) is 24.3 Å². The number of methoxy groups -OCH3 is 1. The molecule has 2 rings (SSSR count). The van der Waals surface area contributed by atoms with Crippen molar-refractivity contribution in [2.45, 2.75) is 13.5 Å². The lowest BCUT2D eigenvalue weighted by molar-refractivity contribution is 0.0752. The van der Waals surface area contributed by atoms with Crippen molar-refractivity contribution in [1.29, 1.82) is 0 Å². The summed E-state index contributed by atoms with van der Waals surface area (Å²) < 4.78 is 18.0. The lowest BCUT2D eigenvalue weighted by Crippen LogP contribution is -2.30. The number of carbonyl (C=O) groups is 1. The fourth-order valence-corrected chi connectivity index (χ4v) is 2.05. The van der Waals surface area contributed by atoms with Crippen LogP contribution in [0.2, 0.25) is 0 Å². The zero-order valence-corrected chi connectivity index (χ0v) is 12.2. The van der Waals surface area contributed by atoms with Crippen molar-refractivity contribution in [3.05, 3.63) is 65.5 Å². The Labute approximate surface area is 124 Å². The molecule has 0 bridgehead atoms. The first-order valence-corrected chi connectivity index (χ1v) is 6.81. The normalized spacial score (nSPS) is 10.2. The van der Waals surface area contributed by atoms with Crippen molar-refractivity contribution in [2.24, 2.45) is 0 Å². The molecule has 0 saturated carbocycles. The molecule has 0 fully saturated rings. The predicted molar refractivity (Wildman–Crippen MR) is 79.8 cm³/mol. The Balaban J connectivity index is 2.11. The molecule has 0 aliphatic heterocycles. The van der Waals surface area contributed by atoms with Crippen LogP contribution >= 0.6 is 0 Å². The SMILES string of the molecule is CCN(Cc1ccc(OC)cc1)C(=O)c1ccc(F)cc1. The summed E-state index contributed by atoms with van der Waals surface area (Å²) in [6.45, 7) is 3.02. The Kier molecular flexibility index (Phi) is 4.93. The second-order valence-electron chi connectivity index (χ2n) is 4.67. The summed E-state index contributed by atoms with van der Waals surface area (Å²) >= 11 is 0. The van der Waals surface area contributed by atoms with E-state index in [0.29, 0.717) is 18.7 Å². The third-order valence-corrected chi connectivity index (χ3v) is 3.29. The van der Waals surface area contributed by atoms with Crippen LogP contribution in [-0.2, 0) is 6.54 Å². The molecule has 0 heterocycles. The number of carbonyl (C=O) groups excluding carboxylic acids is 1. The van der Waals surface area contributed by atoms with Gasteiger partial charge in [0, 0.05) is 18.7 Å². The van der Waals surface area contributed by atoms with Crippen LogP contribution in [0.15, 0.2) is 48.5 Å². The average molecular weight is 287 g/mol. The van der Waals surface area contributed by atoms with Crippen LogP contribution in [0.5, 0.6) is 5.75 Å². The van der Waals surface area contributed by atoms with Crippen LogP contribution in [-0.4, -0.2) is 24.5 Å². The molecule has 0 saturated heterocycles. The highest BCUT2D eigenvalue weighted by Crippen LogP contribution is 2.15. The number of halogens is 1. The predicted octanol–water partition coefficient (Wildman–Crippen LogP) is 3.50. The van der Waals surface area contributed by atoms with Gasteiger partial charge in [-0.3, -0.25) is 4.79 Å². The number of amides is 1. The molecule has 4 heteroatoms. The Morgan fingerprint density at radius 3 is 2.24 bits per heavy atom. The molecule has 0 N–H and O–H groups in total. The lowest BCUT2D eigenvalue weighted by atomic mass is 10.1. The highest BCUT2D eigenvalue weighted by atomic mass is 19.1. The van der Waals surface area contributed by atoms with Crippen molar-refractivity contribution < 1.29 is 13.9 Å². The molecule has 0 aliphatic carbocycles. The van der Waals surface area contributed by atoms with Crippen molar-refractivity contribution in [3.8, 4) is 5.75 Å². The van der Waals surface area contributed by atoms with E-state index in [0.717, 1.165) is 11.3 Å². The van der Waals surface area contributed by atoms with E-state index < -0.39 is 0 Å². The summed E-state index contributed by atoms with van der Waals surface area (Å²) in [4.78, 5) is 14.1. The van der Waals surface area contributed by atoms with Crippen LogP contribution in [0.3, 0.4) is 0 Å². The summed E-state index contributed by atoms with van der Waals surface area (Å²) in [5, 5.41) is 0. The number of ether oxygens (including phenoxy) is 1. The highest BCUT2D eigenvalue weighted by Gasteiger charge is 2.14. The quantitative estimate of drug-likeness (QED) is 0.842. The molecule has 0 unspecified atom stereocenters. The number of rotatable bonds is 5. The summed E-state index contributed by atoms with van der Waals surface area (Å²) in [5.41, 5.74) is 1.51. The fraction of sp³-hybridized carbons (Fsp3) is 0.235. The second-order valence-corrected chi connectivity index (χ2v) is 4.67. The molecular formula is C17H18FNO2. The minimum Gasteiger partial charge on any atom is -0.497 e. The number of hydrogen-bond acceptors (Lipinski definition) is 2. The zero-order chi connectivity index (χ0) is 15.2. The molecule has 0 aliphatic rings. The summed E-state index contributed by atoms with van der Waals surface area (Å²) in [6.07, 6.45) is 0. The van der Waals surface area contributed by atoms with Crippen LogP contribution in [0, 0.1) is 5.82 Å². The van der Waals surface area contributed by atoms with Gasteiger partial charge in [-0.05, 0) is 48.9 Å². The first kappa shape index (κ1) is 15.0. The van der Waals surface area contributed by atoms with E-state index in [4.69, 9.17) is 4.74 Å². The third-order valence-electron chi connectivity index (χ3n) is 3.29. The van der Waals surface area contributed by atoms with Crippen molar-refractivity contribution in [3.63, 3.8) is 0 Å². The van der Waals surface area contributed by atoms with Gasteiger partial charge in [0.1, 0.15) is 11.6 Å². The summed E-state index contributed by atoms with van der Waals surface area (Å²) in [5.74, 6) is 0.338. The fourth-order valence-electron chi connectivity index (χ4n) is 2.05. The Morgan fingerprint density at radius 2 is 1.71 bits per heavy atom. The third kappa shape index (κ3) is 3.81. The monoisotopic (exact) mass is 287 g/mol. The molecule has 2 aromatic rings. The van der Waals surface area contributed by atoms with Gasteiger partial charge in [0.2, 0.25) is 0 Å². The molecule has 0 atom stereocenters. The van der Waals surface area contributed by atoms with Crippen LogP contribution < -0.4 is 4.74 Å². The highest BCUT2D eigenvalue weighted by molar-refractivity contribution is 5.94. The molecule has 0 radical (unpaired) electrons. The Morgan fingerprint density at radius 1 is 1.10 bits per heavy atom. The topological polar surface area (TPSA) is 29.5 Å². The van der Waals surface area contributed by atoms with Crippen LogP contribution in [0.4, 0.5) is 4.39 Å². The van der Waals surface area contributed by atoms with E-state index in [1.807, 2.05) is 31.2 Å². The van der Waals surface area contributed by atoms with Crippen molar-refractivity contribution >= 4 is 5.91 Å². The Bertz CT molecular complexity index is 593. The molecular weight excluding hydrogens is 269 g/mol. The minimum absolute atomic E-state index is 0.103. The lowest BCUT2D eigenvalue weighted by Gasteiger charge is -2.21. The molecule has 1 amide bonds. The first-order valence-electron chi connectivity index (χ1n) is 6.81. The maximum Gasteiger partial charge on any atom is 0.254 e. The van der Waals surface area contributed by atoms with Gasteiger partial charge in [-0.1, -0.05) is 12.1 Å². The summed E-state index contributed by atoms with van der Waals surface area (Å²) in [7, 11) is 1.62. The van der Waals surface area contributed by atoms with Gasteiger partial charge in [-0.25, -0.2) is 4.39 Å². The van der Waals surface area contributed by atoms with Gasteiger partial charge < -0.3 is 9.64 Å². The van der Waals surface area contributed by atoms with E-state index in [9.17, 15) is 9.18 Å². The van der Waals surface area contributed by atoms with Gasteiger partial charge in [0.05, 0.1) is 7.11 Å². The summed E-state index contributed by atoms with van der Waals surface area (Å²) in [6, 6.07) is 13.2. The van der Waals surface area contributed by atoms with E-state index in [2.05, 4.69) is 0 Å². The van der Waals surface area contributed by atoms with Gasteiger partial charge in [0.25, 0.3) is 5.91 Å². The molecule has 0 spiro atoms. The van der Waals surface area contributed by atoms with Gasteiger partial charge in [0.15, 0.2) is 0 Å². The maximum absolute atomic E-state index is 12.9. The maximum atomic E-state index is 12.9. The van der Waals surface area contributed by atoms with Crippen LogP contribution in [0.1, 0.15) is 22.8 Å². The minimum atomic E-state index is -0.343. The Hall–Kier alpha value is -2.36. The molecule has 21 heavy (non-hydrogen) atoms. The first-order chi connectivity index (χ1) is 10.1. The zero-order valence-electron chi connectivity index (χ0n) is 12.2. The molecule has 3 nitrogen and oxygen atoms in total. The van der Waals surface area contributed by atoms with Gasteiger partial charge in [-0.15, -0.1) is 0 Å². The molecule has 2 aromatic carbocycles. The van der Waals surface area contributed by atoms with E-state index in [-0.39, 0.29) is 11.7 Å². The van der Waals surface area contributed by atoms with Crippen LogP contribution in [0.25, 0.3) is 0 Å². The van der Waals surface area contributed by atoms with Crippen molar-refractivity contribution in [1.82, 2.24) is 4.90 Å². The average Bonchev–Trinajstić information content (AvgIpc) is 2.53. The number of benzene rings is 2. The largest absolute Gasteiger partial charge is 0.497 e.